The Morgan fingerprint density at radius 3 is 1.60 bits per heavy atom. The van der Waals surface area contributed by atoms with Crippen LogP contribution in [0.25, 0.3) is 0 Å². The monoisotopic (exact) mass is 368 g/mol. The summed E-state index contributed by atoms with van der Waals surface area (Å²) in [6, 6.07) is 0. The fourth-order valence-electron chi connectivity index (χ4n) is 3.75. The molecule has 0 bridgehead atoms. The molecule has 0 saturated heterocycles. The molecule has 0 spiro atoms. The number of nitrogens with zero attached hydrogens (tertiary/aromatic N) is 6. The second-order valence-corrected chi connectivity index (χ2v) is 14.8. The molecule has 9 heteroatoms. The van der Waals surface area contributed by atoms with E-state index in [0.717, 1.165) is 23.3 Å². The lowest BCUT2D eigenvalue weighted by atomic mass is 10.3. The van der Waals surface area contributed by atoms with E-state index < -0.39 is 17.0 Å². The largest absolute Gasteiger partial charge is 0.422 e. The van der Waals surface area contributed by atoms with E-state index in [4.69, 9.17) is 14.3 Å². The molecule has 0 aromatic heterocycles. The summed E-state index contributed by atoms with van der Waals surface area (Å²) in [7, 11) is -4.51. The third kappa shape index (κ3) is 1.94. The van der Waals surface area contributed by atoms with Crippen LogP contribution in [0.3, 0.4) is 0 Å². The smallest absolute Gasteiger partial charge is 0.310 e. The average molecular weight is 369 g/mol. The molecule has 0 amide bonds. The number of allylic oxidation sites excluding steroid dienone is 4. The zero-order valence-corrected chi connectivity index (χ0v) is 16.7. The molecule has 25 heavy (non-hydrogen) atoms. The number of amidine groups is 2. The predicted molar refractivity (Wildman–Crippen MR) is 102 cm³/mol. The maximum absolute atomic E-state index is 6.75. The quantitative estimate of drug-likeness (QED) is 0.615. The van der Waals surface area contributed by atoms with E-state index in [-0.39, 0.29) is 0 Å². The highest BCUT2D eigenvalue weighted by Crippen LogP contribution is 2.43. The summed E-state index contributed by atoms with van der Waals surface area (Å²) in [6.07, 6.45) is 16.3. The third-order valence-electron chi connectivity index (χ3n) is 4.66. The van der Waals surface area contributed by atoms with Gasteiger partial charge < -0.3 is 4.12 Å². The molecule has 0 radical (unpaired) electrons. The molecular formula is C16H20N6OSi2. The Kier molecular flexibility index (Phi) is 2.76. The highest BCUT2D eigenvalue weighted by atomic mass is 28.4. The van der Waals surface area contributed by atoms with E-state index in [0.29, 0.717) is 0 Å². The average Bonchev–Trinajstić information content (AvgIpc) is 3.10. The van der Waals surface area contributed by atoms with Crippen molar-refractivity contribution in [3.8, 4) is 0 Å². The molecule has 0 aromatic rings. The van der Waals surface area contributed by atoms with Gasteiger partial charge in [0.25, 0.3) is 0 Å². The Labute approximate surface area is 149 Å². The molecule has 0 fully saturated rings. The number of hydrogen-bond acceptors (Lipinski definition) is 7. The van der Waals surface area contributed by atoms with Crippen molar-refractivity contribution < 1.29 is 4.12 Å². The van der Waals surface area contributed by atoms with E-state index in [1.807, 2.05) is 36.5 Å². The van der Waals surface area contributed by atoms with Gasteiger partial charge in [-0.2, -0.15) is 10.2 Å². The van der Waals surface area contributed by atoms with Gasteiger partial charge >= 0.3 is 17.0 Å². The third-order valence-corrected chi connectivity index (χ3v) is 11.3. The molecule has 128 valence electrons. The molecule has 7 nitrogen and oxygen atoms in total. The van der Waals surface area contributed by atoms with E-state index in [1.165, 1.54) is 0 Å². The van der Waals surface area contributed by atoms with Crippen molar-refractivity contribution in [3.05, 3.63) is 60.5 Å². The van der Waals surface area contributed by atoms with Crippen LogP contribution < -0.4 is 0 Å². The van der Waals surface area contributed by atoms with Gasteiger partial charge in [-0.15, -0.1) is 0 Å². The van der Waals surface area contributed by atoms with Gasteiger partial charge in [-0.25, -0.2) is 9.35 Å². The second kappa shape index (κ2) is 4.62. The zero-order chi connectivity index (χ0) is 17.4. The van der Waals surface area contributed by atoms with Gasteiger partial charge in [-0.1, -0.05) is 12.2 Å². The number of fused-ring (bicyclic) bond motifs is 6. The van der Waals surface area contributed by atoms with Crippen molar-refractivity contribution in [2.75, 3.05) is 0 Å². The Morgan fingerprint density at radius 1 is 0.720 bits per heavy atom. The molecule has 0 unspecified atom stereocenters. The van der Waals surface area contributed by atoms with Crippen LogP contribution in [0.4, 0.5) is 0 Å². The molecule has 5 aliphatic heterocycles. The molecule has 5 aliphatic rings. The summed E-state index contributed by atoms with van der Waals surface area (Å²) in [5.41, 5.74) is 0. The van der Waals surface area contributed by atoms with Crippen molar-refractivity contribution in [1.82, 2.24) is 19.1 Å². The van der Waals surface area contributed by atoms with Crippen LogP contribution in [-0.2, 0) is 4.12 Å². The first-order chi connectivity index (χ1) is 11.9. The molecule has 0 atom stereocenters. The van der Waals surface area contributed by atoms with Crippen molar-refractivity contribution in [3.63, 3.8) is 0 Å². The van der Waals surface area contributed by atoms with Crippen LogP contribution in [0.5, 0.6) is 0 Å². The minimum atomic E-state index is -2.26. The molecule has 0 aliphatic carbocycles. The minimum Gasteiger partial charge on any atom is -0.422 e. The predicted octanol–water partition coefficient (Wildman–Crippen LogP) is 2.58. The Morgan fingerprint density at radius 2 is 1.16 bits per heavy atom. The maximum atomic E-state index is 6.75. The van der Waals surface area contributed by atoms with Crippen molar-refractivity contribution >= 4 is 28.6 Å². The molecule has 5 rings (SSSR count). The van der Waals surface area contributed by atoms with Gasteiger partial charge in [-0.3, -0.25) is 9.80 Å². The lowest BCUT2D eigenvalue weighted by Gasteiger charge is -2.36. The Bertz CT molecular complexity index is 809. The lowest BCUT2D eigenvalue weighted by molar-refractivity contribution is 0.391. The van der Waals surface area contributed by atoms with Gasteiger partial charge in [0.15, 0.2) is 23.3 Å². The van der Waals surface area contributed by atoms with Crippen LogP contribution in [0, 0.1) is 0 Å². The number of hydrazone groups is 2. The first kappa shape index (κ1) is 14.9. The number of hydrogen-bond donors (Lipinski definition) is 0. The summed E-state index contributed by atoms with van der Waals surface area (Å²) < 4.78 is 11.0. The number of rotatable bonds is 0. The highest BCUT2D eigenvalue weighted by molar-refractivity contribution is 6.83. The molecular weight excluding hydrogens is 348 g/mol. The van der Waals surface area contributed by atoms with Crippen LogP contribution in [0.1, 0.15) is 0 Å². The van der Waals surface area contributed by atoms with Crippen molar-refractivity contribution in [1.29, 1.82) is 0 Å². The SMILES string of the molecule is C[Si]1(C)O[Si](C)(C)N2N=C3C=CC=CN3C2=C2N3C=CC=CC3=NN21. The summed E-state index contributed by atoms with van der Waals surface area (Å²) in [6.45, 7) is 8.82. The van der Waals surface area contributed by atoms with E-state index in [2.05, 4.69) is 57.7 Å². The van der Waals surface area contributed by atoms with Crippen LogP contribution in [0.2, 0.25) is 26.2 Å². The summed E-state index contributed by atoms with van der Waals surface area (Å²) in [5, 5.41) is 9.80. The highest BCUT2D eigenvalue weighted by Gasteiger charge is 2.55. The van der Waals surface area contributed by atoms with Crippen molar-refractivity contribution in [2.24, 2.45) is 10.2 Å². The summed E-state index contributed by atoms with van der Waals surface area (Å²) in [4.78, 5) is 4.28. The summed E-state index contributed by atoms with van der Waals surface area (Å²) >= 11 is 0. The fourth-order valence-corrected chi connectivity index (χ4v) is 11.5. The van der Waals surface area contributed by atoms with Gasteiger partial charge in [-0.05, 0) is 50.5 Å². The second-order valence-electron chi connectivity index (χ2n) is 7.32. The maximum Gasteiger partial charge on any atom is 0.310 e. The van der Waals surface area contributed by atoms with E-state index >= 15 is 0 Å². The normalized spacial score (nSPS) is 27.0. The van der Waals surface area contributed by atoms with Gasteiger partial charge in [0.1, 0.15) is 0 Å². The first-order valence-electron chi connectivity index (χ1n) is 8.39. The standard InChI is InChI=1S/C16H20N6OSi2/c1-24(2)21-15(19-11-7-5-9-13(19)17-21)16-20-12-8-6-10-14(20)18-22(16)25(3,4)23-24/h5-12H,1-4H3. The Balaban J connectivity index is 1.78. The van der Waals surface area contributed by atoms with E-state index in [9.17, 15) is 0 Å². The van der Waals surface area contributed by atoms with Crippen molar-refractivity contribution in [2.45, 2.75) is 26.2 Å². The van der Waals surface area contributed by atoms with Crippen LogP contribution in [-0.4, -0.2) is 47.8 Å². The molecule has 0 N–H and O–H groups in total. The molecule has 5 heterocycles. The topological polar surface area (TPSA) is 46.9 Å². The van der Waals surface area contributed by atoms with Crippen LogP contribution in [0.15, 0.2) is 70.7 Å². The molecule has 0 saturated carbocycles. The van der Waals surface area contributed by atoms with Gasteiger partial charge in [0.05, 0.1) is 0 Å². The zero-order valence-electron chi connectivity index (χ0n) is 14.7. The lowest BCUT2D eigenvalue weighted by Crippen LogP contribution is -2.56. The Hall–Kier alpha value is -2.37. The van der Waals surface area contributed by atoms with Gasteiger partial charge in [0, 0.05) is 12.4 Å². The molecule has 0 aromatic carbocycles. The van der Waals surface area contributed by atoms with E-state index in [1.54, 1.807) is 0 Å². The van der Waals surface area contributed by atoms with Gasteiger partial charge in [0.2, 0.25) is 0 Å². The van der Waals surface area contributed by atoms with Crippen LogP contribution >= 0.6 is 0 Å². The fraction of sp³-hybridized carbons (Fsp3) is 0.250. The first-order valence-corrected chi connectivity index (χ1v) is 14.1. The minimum absolute atomic E-state index is 0.917. The summed E-state index contributed by atoms with van der Waals surface area (Å²) in [5.74, 6) is 3.90.